The van der Waals surface area contributed by atoms with Crippen LogP contribution in [-0.4, -0.2) is 26.8 Å². The summed E-state index contributed by atoms with van der Waals surface area (Å²) in [4.78, 5) is 0. The molecule has 0 amide bonds. The summed E-state index contributed by atoms with van der Waals surface area (Å²) in [5.74, 6) is -1.01. The van der Waals surface area contributed by atoms with Crippen molar-refractivity contribution >= 4 is 12.4 Å². The van der Waals surface area contributed by atoms with Gasteiger partial charge < -0.3 is 22.4 Å². The number of ether oxygens (including phenoxy) is 2. The first-order valence-electron chi connectivity index (χ1n) is 6.17. The van der Waals surface area contributed by atoms with Crippen molar-refractivity contribution in [1.29, 1.82) is 0 Å². The summed E-state index contributed by atoms with van der Waals surface area (Å²) in [6, 6.07) is 2.50. The van der Waals surface area contributed by atoms with Crippen LogP contribution in [0.4, 0.5) is 17.3 Å². The minimum Gasteiger partial charge on any atom is -0.496 e. The number of hydrogen-bond donors (Lipinski definition) is 0. The second-order valence-electron chi connectivity index (χ2n) is 4.62. The Morgan fingerprint density at radius 1 is 1.20 bits per heavy atom. The van der Waals surface area contributed by atoms with Gasteiger partial charge >= 0.3 is 58.4 Å². The SMILES string of the molecule is Fc1ccc(OCC2CCOCC2)c([B-](F)(F)F)c1.[K+]. The maximum atomic E-state index is 12.9. The third-order valence-corrected chi connectivity index (χ3v) is 3.14. The maximum absolute atomic E-state index is 12.9. The third-order valence-electron chi connectivity index (χ3n) is 3.14. The molecule has 2 nitrogen and oxygen atoms in total. The van der Waals surface area contributed by atoms with Gasteiger partial charge in [-0.2, -0.15) is 0 Å². The van der Waals surface area contributed by atoms with E-state index in [1.54, 1.807) is 0 Å². The van der Waals surface area contributed by atoms with Gasteiger partial charge in [-0.3, -0.25) is 0 Å². The molecule has 1 saturated heterocycles. The quantitative estimate of drug-likeness (QED) is 0.560. The molecule has 1 heterocycles. The molecule has 0 N–H and O–H groups in total. The maximum Gasteiger partial charge on any atom is 1.00 e. The van der Waals surface area contributed by atoms with Gasteiger partial charge in [0.25, 0.3) is 0 Å². The topological polar surface area (TPSA) is 18.5 Å². The summed E-state index contributed by atoms with van der Waals surface area (Å²) >= 11 is 0. The van der Waals surface area contributed by atoms with E-state index in [0.717, 1.165) is 25.0 Å². The molecule has 1 aliphatic rings. The van der Waals surface area contributed by atoms with E-state index in [0.29, 0.717) is 19.3 Å². The van der Waals surface area contributed by atoms with Gasteiger partial charge in [0, 0.05) is 13.2 Å². The van der Waals surface area contributed by atoms with Crippen LogP contribution < -0.4 is 61.6 Å². The number of halogens is 4. The van der Waals surface area contributed by atoms with E-state index in [2.05, 4.69) is 0 Å². The first-order chi connectivity index (χ1) is 8.97. The van der Waals surface area contributed by atoms with Crippen molar-refractivity contribution in [3.05, 3.63) is 24.0 Å². The number of hydrogen-bond acceptors (Lipinski definition) is 2. The normalized spacial score (nSPS) is 16.6. The van der Waals surface area contributed by atoms with Gasteiger partial charge in [0.1, 0.15) is 5.82 Å². The summed E-state index contributed by atoms with van der Waals surface area (Å²) < 4.78 is 61.7. The minimum absolute atomic E-state index is 0. The fraction of sp³-hybridized carbons (Fsp3) is 0.500. The molecule has 1 aliphatic heterocycles. The van der Waals surface area contributed by atoms with Crippen LogP contribution in [0.15, 0.2) is 18.2 Å². The van der Waals surface area contributed by atoms with Crippen LogP contribution in [0.3, 0.4) is 0 Å². The Labute approximate surface area is 157 Å². The molecule has 8 heteroatoms. The average molecular weight is 316 g/mol. The molecule has 2 rings (SSSR count). The van der Waals surface area contributed by atoms with Crippen LogP contribution in [0.1, 0.15) is 12.8 Å². The van der Waals surface area contributed by atoms with Crippen molar-refractivity contribution in [3.63, 3.8) is 0 Å². The van der Waals surface area contributed by atoms with Crippen LogP contribution in [-0.2, 0) is 4.74 Å². The van der Waals surface area contributed by atoms with E-state index in [1.165, 1.54) is 0 Å². The van der Waals surface area contributed by atoms with Gasteiger partial charge in [-0.15, -0.1) is 0 Å². The van der Waals surface area contributed by atoms with Crippen molar-refractivity contribution in [3.8, 4) is 5.75 Å². The third kappa shape index (κ3) is 5.31. The monoisotopic (exact) mass is 316 g/mol. The zero-order valence-electron chi connectivity index (χ0n) is 11.3. The van der Waals surface area contributed by atoms with Gasteiger partial charge in [0.2, 0.25) is 0 Å². The molecule has 0 atom stereocenters. The molecule has 106 valence electrons. The van der Waals surface area contributed by atoms with E-state index in [-0.39, 0.29) is 69.7 Å². The molecule has 0 bridgehead atoms. The molecule has 0 unspecified atom stereocenters. The Bertz CT molecular complexity index is 436. The summed E-state index contributed by atoms with van der Waals surface area (Å²) in [6.07, 6.45) is 1.54. The van der Waals surface area contributed by atoms with E-state index in [9.17, 15) is 17.3 Å². The second kappa shape index (κ2) is 8.14. The molecule has 0 spiro atoms. The number of benzene rings is 1. The molecule has 0 aliphatic carbocycles. The van der Waals surface area contributed by atoms with Crippen LogP contribution in [0, 0.1) is 11.7 Å². The largest absolute Gasteiger partial charge is 1.00 e. The zero-order valence-corrected chi connectivity index (χ0v) is 14.4. The van der Waals surface area contributed by atoms with Crippen LogP contribution in [0.25, 0.3) is 0 Å². The van der Waals surface area contributed by atoms with Gasteiger partial charge in [-0.25, -0.2) is 4.39 Å². The van der Waals surface area contributed by atoms with Crippen LogP contribution in [0.2, 0.25) is 0 Å². The van der Waals surface area contributed by atoms with E-state index in [4.69, 9.17) is 9.47 Å². The Morgan fingerprint density at radius 3 is 2.45 bits per heavy atom. The molecule has 0 radical (unpaired) electrons. The Kier molecular flexibility index (Phi) is 7.51. The molecule has 0 saturated carbocycles. The Hall–Kier alpha value is 0.401. The van der Waals surface area contributed by atoms with E-state index in [1.807, 2.05) is 0 Å². The molecular formula is C12H14BF4KO2. The average Bonchev–Trinajstić information content (AvgIpc) is 2.37. The smallest absolute Gasteiger partial charge is 0.496 e. The first kappa shape index (κ1) is 18.5. The van der Waals surface area contributed by atoms with Gasteiger partial charge in [0.05, 0.1) is 12.4 Å². The van der Waals surface area contributed by atoms with E-state index >= 15 is 0 Å². The zero-order chi connectivity index (χ0) is 13.9. The molecular weight excluding hydrogens is 302 g/mol. The van der Waals surface area contributed by atoms with Crippen molar-refractivity contribution < 1.29 is 78.2 Å². The van der Waals surface area contributed by atoms with Crippen LogP contribution >= 0.6 is 0 Å². The van der Waals surface area contributed by atoms with Crippen molar-refractivity contribution in [1.82, 2.24) is 0 Å². The van der Waals surface area contributed by atoms with Crippen molar-refractivity contribution in [2.24, 2.45) is 5.92 Å². The fourth-order valence-corrected chi connectivity index (χ4v) is 2.03. The summed E-state index contributed by atoms with van der Waals surface area (Å²) in [5.41, 5.74) is -1.01. The summed E-state index contributed by atoms with van der Waals surface area (Å²) in [5, 5.41) is 0. The first-order valence-corrected chi connectivity index (χ1v) is 6.17. The standard InChI is InChI=1S/C12H14BF4O2.K/c14-10-1-2-12(11(7-10)13(15,16)17)19-8-9-3-5-18-6-4-9;/h1-2,7,9H,3-6,8H2;/q-1;+1. The molecule has 1 aromatic rings. The van der Waals surface area contributed by atoms with Crippen molar-refractivity contribution in [2.75, 3.05) is 19.8 Å². The Morgan fingerprint density at radius 2 is 1.85 bits per heavy atom. The van der Waals surface area contributed by atoms with E-state index < -0.39 is 18.3 Å². The van der Waals surface area contributed by atoms with Gasteiger partial charge in [-0.05, 0) is 37.0 Å². The van der Waals surface area contributed by atoms with Gasteiger partial charge in [0.15, 0.2) is 0 Å². The van der Waals surface area contributed by atoms with Crippen LogP contribution in [0.5, 0.6) is 5.75 Å². The summed E-state index contributed by atoms with van der Waals surface area (Å²) in [6.45, 7) is -3.87. The minimum atomic E-state index is -5.28. The van der Waals surface area contributed by atoms with Crippen molar-refractivity contribution in [2.45, 2.75) is 12.8 Å². The van der Waals surface area contributed by atoms with Gasteiger partial charge in [-0.1, -0.05) is 5.46 Å². The fourth-order valence-electron chi connectivity index (χ4n) is 2.03. The summed E-state index contributed by atoms with van der Waals surface area (Å²) in [7, 11) is 0. The molecule has 0 aromatic heterocycles. The molecule has 1 fully saturated rings. The predicted molar refractivity (Wildman–Crippen MR) is 64.2 cm³/mol. The predicted octanol–water partition coefficient (Wildman–Crippen LogP) is -0.310. The molecule has 1 aromatic carbocycles. The number of rotatable bonds is 4. The second-order valence-corrected chi connectivity index (χ2v) is 4.62. The molecule has 20 heavy (non-hydrogen) atoms. The Balaban J connectivity index is 0.00000200.